The Morgan fingerprint density at radius 2 is 2.15 bits per heavy atom. The van der Waals surface area contributed by atoms with E-state index in [4.69, 9.17) is 17.3 Å². The van der Waals surface area contributed by atoms with Gasteiger partial charge in [-0.05, 0) is 30.5 Å². The van der Waals surface area contributed by atoms with Crippen LogP contribution in [-0.4, -0.2) is 38.6 Å². The number of hydrogen-bond acceptors (Lipinski definition) is 3. The molecular weight excluding hydrogens is 298 g/mol. The van der Waals surface area contributed by atoms with Crippen LogP contribution in [0.4, 0.5) is 0 Å². The van der Waals surface area contributed by atoms with Crippen LogP contribution < -0.4 is 5.73 Å². The van der Waals surface area contributed by atoms with Crippen molar-refractivity contribution in [1.29, 1.82) is 0 Å². The second kappa shape index (κ2) is 5.61. The maximum Gasteiger partial charge on any atom is 0.191 e. The zero-order valence-electron chi connectivity index (χ0n) is 11.5. The minimum absolute atomic E-state index is 0.134. The average molecular weight is 316 g/mol. The van der Waals surface area contributed by atoms with Crippen molar-refractivity contribution in [2.24, 2.45) is 10.7 Å². The molecule has 0 atom stereocenters. The van der Waals surface area contributed by atoms with E-state index >= 15 is 0 Å². The Morgan fingerprint density at radius 1 is 1.50 bits per heavy atom. The molecule has 2 rings (SSSR count). The zero-order chi connectivity index (χ0) is 14.9. The van der Waals surface area contributed by atoms with Gasteiger partial charge in [-0.1, -0.05) is 17.7 Å². The van der Waals surface area contributed by atoms with Crippen LogP contribution >= 0.6 is 11.6 Å². The first kappa shape index (κ1) is 15.1. The van der Waals surface area contributed by atoms with E-state index in [2.05, 4.69) is 4.99 Å². The maximum atomic E-state index is 11.5. The van der Waals surface area contributed by atoms with Gasteiger partial charge < -0.3 is 10.6 Å². The van der Waals surface area contributed by atoms with Crippen LogP contribution in [0.1, 0.15) is 18.4 Å². The van der Waals surface area contributed by atoms with Gasteiger partial charge in [-0.25, -0.2) is 13.4 Å². The molecule has 0 radical (unpaired) electrons. The number of halogens is 1. The number of aliphatic imine (C=N–C) groups is 1. The summed E-state index contributed by atoms with van der Waals surface area (Å²) in [5, 5.41) is 0.217. The Hall–Kier alpha value is -1.27. The lowest BCUT2D eigenvalue weighted by atomic mass is 10.2. The fourth-order valence-electron chi connectivity index (χ4n) is 1.88. The van der Waals surface area contributed by atoms with E-state index in [-0.39, 0.29) is 9.92 Å². The molecule has 5 nitrogen and oxygen atoms in total. The van der Waals surface area contributed by atoms with Crippen molar-refractivity contribution in [1.82, 2.24) is 4.90 Å². The van der Waals surface area contributed by atoms with Crippen LogP contribution in [0.15, 0.2) is 28.1 Å². The van der Waals surface area contributed by atoms with E-state index in [1.165, 1.54) is 6.07 Å². The molecule has 0 heterocycles. The first-order chi connectivity index (χ1) is 9.29. The minimum atomic E-state index is -3.30. The molecule has 2 N–H and O–H groups in total. The van der Waals surface area contributed by atoms with E-state index in [0.717, 1.165) is 24.7 Å². The summed E-state index contributed by atoms with van der Waals surface area (Å²) in [7, 11) is -1.37. The summed E-state index contributed by atoms with van der Waals surface area (Å²) < 4.78 is 22.9. The van der Waals surface area contributed by atoms with Gasteiger partial charge in [0.1, 0.15) is 0 Å². The lowest BCUT2D eigenvalue weighted by molar-refractivity contribution is 0.487. The molecule has 1 aliphatic rings. The molecule has 1 aromatic carbocycles. The predicted molar refractivity (Wildman–Crippen MR) is 80.7 cm³/mol. The number of nitrogens with two attached hydrogens (primary N) is 1. The van der Waals surface area contributed by atoms with Crippen LogP contribution in [0, 0.1) is 0 Å². The topological polar surface area (TPSA) is 75.8 Å². The van der Waals surface area contributed by atoms with Gasteiger partial charge in [-0.2, -0.15) is 0 Å². The third-order valence-corrected chi connectivity index (χ3v) is 4.86. The predicted octanol–water partition coefficient (Wildman–Crippen LogP) is 1.65. The van der Waals surface area contributed by atoms with Crippen LogP contribution in [0.25, 0.3) is 0 Å². The number of hydrogen-bond donors (Lipinski definition) is 1. The van der Waals surface area contributed by atoms with Gasteiger partial charge in [-0.15, -0.1) is 0 Å². The van der Waals surface area contributed by atoms with Crippen LogP contribution in [0.3, 0.4) is 0 Å². The molecule has 1 aliphatic carbocycles. The Balaban J connectivity index is 2.11. The standard InChI is InChI=1S/C13H18ClN3O2S/c1-17(10-4-5-10)13(15)16-8-9-3-6-12(11(14)7-9)20(2,18)19/h3,6-7,10H,4-5,8H2,1-2H3,(H2,15,16). The third-order valence-electron chi connectivity index (χ3n) is 3.28. The van der Waals surface area contributed by atoms with E-state index in [9.17, 15) is 8.42 Å². The highest BCUT2D eigenvalue weighted by Crippen LogP contribution is 2.25. The lowest BCUT2D eigenvalue weighted by Gasteiger charge is -2.16. The average Bonchev–Trinajstić information content (AvgIpc) is 3.17. The highest BCUT2D eigenvalue weighted by Gasteiger charge is 2.27. The van der Waals surface area contributed by atoms with E-state index in [1.807, 2.05) is 11.9 Å². The fourth-order valence-corrected chi connectivity index (χ4v) is 3.23. The summed E-state index contributed by atoms with van der Waals surface area (Å²) in [4.78, 5) is 6.40. The molecule has 0 aliphatic heterocycles. The van der Waals surface area contributed by atoms with Gasteiger partial charge in [-0.3, -0.25) is 0 Å². The summed E-state index contributed by atoms with van der Waals surface area (Å²) in [6, 6.07) is 5.33. The number of benzene rings is 1. The molecular formula is C13H18ClN3O2S. The molecule has 0 saturated heterocycles. The van der Waals surface area contributed by atoms with Crippen molar-refractivity contribution in [3.05, 3.63) is 28.8 Å². The van der Waals surface area contributed by atoms with Crippen molar-refractivity contribution in [3.63, 3.8) is 0 Å². The van der Waals surface area contributed by atoms with Gasteiger partial charge in [0.25, 0.3) is 0 Å². The summed E-state index contributed by atoms with van der Waals surface area (Å²) in [6.45, 7) is 0.382. The van der Waals surface area contributed by atoms with Crippen molar-refractivity contribution in [3.8, 4) is 0 Å². The first-order valence-electron chi connectivity index (χ1n) is 6.30. The van der Waals surface area contributed by atoms with Crippen LogP contribution in [0.5, 0.6) is 0 Å². The van der Waals surface area contributed by atoms with Crippen LogP contribution in [-0.2, 0) is 16.4 Å². The maximum absolute atomic E-state index is 11.5. The zero-order valence-corrected chi connectivity index (χ0v) is 13.1. The van der Waals surface area contributed by atoms with Gasteiger partial charge >= 0.3 is 0 Å². The molecule has 0 aromatic heterocycles. The summed E-state index contributed by atoms with van der Waals surface area (Å²) >= 11 is 5.98. The second-order valence-electron chi connectivity index (χ2n) is 5.05. The van der Waals surface area contributed by atoms with Gasteiger partial charge in [0.2, 0.25) is 0 Å². The lowest BCUT2D eigenvalue weighted by Crippen LogP contribution is -2.35. The van der Waals surface area contributed by atoms with Crippen molar-refractivity contribution in [2.75, 3.05) is 13.3 Å². The van der Waals surface area contributed by atoms with Crippen molar-refractivity contribution < 1.29 is 8.42 Å². The van der Waals surface area contributed by atoms with E-state index < -0.39 is 9.84 Å². The largest absolute Gasteiger partial charge is 0.370 e. The number of rotatable bonds is 4. The Bertz CT molecular complexity index is 639. The molecule has 20 heavy (non-hydrogen) atoms. The molecule has 1 fully saturated rings. The van der Waals surface area contributed by atoms with Crippen molar-refractivity contribution >= 4 is 27.4 Å². The summed E-state index contributed by atoms with van der Waals surface area (Å²) in [5.74, 6) is 0.496. The third kappa shape index (κ3) is 3.64. The highest BCUT2D eigenvalue weighted by molar-refractivity contribution is 7.90. The quantitative estimate of drug-likeness (QED) is 0.677. The second-order valence-corrected chi connectivity index (χ2v) is 7.44. The fraction of sp³-hybridized carbons (Fsp3) is 0.462. The first-order valence-corrected chi connectivity index (χ1v) is 8.57. The molecule has 1 aromatic rings. The minimum Gasteiger partial charge on any atom is -0.370 e. The molecule has 0 amide bonds. The number of nitrogens with zero attached hydrogens (tertiary/aromatic N) is 2. The monoisotopic (exact) mass is 315 g/mol. The van der Waals surface area contributed by atoms with Gasteiger partial charge in [0.05, 0.1) is 16.5 Å². The Morgan fingerprint density at radius 3 is 2.65 bits per heavy atom. The molecule has 7 heteroatoms. The SMILES string of the molecule is CN(C(N)=NCc1ccc(S(C)(=O)=O)c(Cl)c1)C1CC1. The Labute approximate surface area is 124 Å². The highest BCUT2D eigenvalue weighted by atomic mass is 35.5. The van der Waals surface area contributed by atoms with Gasteiger partial charge in [0.15, 0.2) is 15.8 Å². The van der Waals surface area contributed by atoms with Crippen LogP contribution in [0.2, 0.25) is 5.02 Å². The van der Waals surface area contributed by atoms with E-state index in [1.54, 1.807) is 12.1 Å². The summed E-state index contributed by atoms with van der Waals surface area (Å²) in [5.41, 5.74) is 6.72. The van der Waals surface area contributed by atoms with E-state index in [0.29, 0.717) is 18.5 Å². The molecule has 0 spiro atoms. The van der Waals surface area contributed by atoms with Crippen molar-refractivity contribution in [2.45, 2.75) is 30.3 Å². The molecule has 0 unspecified atom stereocenters. The number of guanidine groups is 1. The molecule has 0 bridgehead atoms. The number of sulfone groups is 1. The smallest absolute Gasteiger partial charge is 0.191 e. The molecule has 110 valence electrons. The van der Waals surface area contributed by atoms with Gasteiger partial charge in [0, 0.05) is 19.3 Å². The summed E-state index contributed by atoms with van der Waals surface area (Å²) in [6.07, 6.45) is 3.44. The molecule has 1 saturated carbocycles. The normalized spacial score (nSPS) is 16.2. The Kier molecular flexibility index (Phi) is 4.25.